The van der Waals surface area contributed by atoms with Crippen molar-refractivity contribution in [2.24, 2.45) is 0 Å². The molecule has 1 amide bonds. The average molecular weight is 350 g/mol. The number of methoxy groups -OCH3 is 2. The summed E-state index contributed by atoms with van der Waals surface area (Å²) in [5.74, 6) is 1.68. The van der Waals surface area contributed by atoms with Crippen LogP contribution in [0.4, 0.5) is 0 Å². The van der Waals surface area contributed by atoms with E-state index in [2.05, 4.69) is 5.32 Å². The van der Waals surface area contributed by atoms with Gasteiger partial charge in [-0.15, -0.1) is 0 Å². The molecular formula is C18H20ClNO4. The Hall–Kier alpha value is -2.40. The monoisotopic (exact) mass is 349 g/mol. The van der Waals surface area contributed by atoms with E-state index in [1.165, 1.54) is 7.11 Å². The summed E-state index contributed by atoms with van der Waals surface area (Å²) in [7, 11) is 3.12. The molecule has 0 aliphatic heterocycles. The van der Waals surface area contributed by atoms with Gasteiger partial charge in [0.2, 0.25) is 0 Å². The minimum absolute atomic E-state index is 0.191. The molecule has 2 aromatic carbocycles. The predicted molar refractivity (Wildman–Crippen MR) is 93.4 cm³/mol. The molecule has 0 heterocycles. The van der Waals surface area contributed by atoms with E-state index in [4.69, 9.17) is 25.8 Å². The van der Waals surface area contributed by atoms with Gasteiger partial charge in [-0.25, -0.2) is 0 Å². The van der Waals surface area contributed by atoms with Gasteiger partial charge in [0, 0.05) is 5.02 Å². The molecule has 6 heteroatoms. The predicted octanol–water partition coefficient (Wildman–Crippen LogP) is 3.55. The van der Waals surface area contributed by atoms with Gasteiger partial charge in [0.25, 0.3) is 5.91 Å². The molecule has 0 saturated heterocycles. The number of halogens is 1. The molecule has 0 saturated carbocycles. The molecule has 128 valence electrons. The fourth-order valence-electron chi connectivity index (χ4n) is 2.09. The fourth-order valence-corrected chi connectivity index (χ4v) is 2.27. The molecule has 24 heavy (non-hydrogen) atoms. The summed E-state index contributed by atoms with van der Waals surface area (Å²) in [6.45, 7) is 2.19. The van der Waals surface area contributed by atoms with Gasteiger partial charge < -0.3 is 19.5 Å². The molecule has 0 bridgehead atoms. The third-order valence-electron chi connectivity index (χ3n) is 3.34. The van der Waals surface area contributed by atoms with E-state index in [0.29, 0.717) is 28.7 Å². The van der Waals surface area contributed by atoms with Crippen LogP contribution >= 0.6 is 11.6 Å². The van der Waals surface area contributed by atoms with E-state index >= 15 is 0 Å². The fraction of sp³-hybridized carbons (Fsp3) is 0.278. The maximum absolute atomic E-state index is 12.4. The lowest BCUT2D eigenvalue weighted by Crippen LogP contribution is -2.37. The molecule has 2 rings (SSSR count). The highest BCUT2D eigenvalue weighted by Gasteiger charge is 2.15. The summed E-state index contributed by atoms with van der Waals surface area (Å²) >= 11 is 5.95. The van der Waals surface area contributed by atoms with Crippen molar-refractivity contribution in [3.63, 3.8) is 0 Å². The molecule has 2 aromatic rings. The van der Waals surface area contributed by atoms with Crippen LogP contribution in [0.1, 0.15) is 17.3 Å². The van der Waals surface area contributed by atoms with Gasteiger partial charge >= 0.3 is 0 Å². The zero-order valence-corrected chi connectivity index (χ0v) is 14.6. The molecular weight excluding hydrogens is 330 g/mol. The Morgan fingerprint density at radius 2 is 1.75 bits per heavy atom. The molecule has 0 spiro atoms. The van der Waals surface area contributed by atoms with Crippen molar-refractivity contribution in [1.29, 1.82) is 0 Å². The van der Waals surface area contributed by atoms with Crippen LogP contribution in [0.15, 0.2) is 42.5 Å². The highest BCUT2D eigenvalue weighted by Crippen LogP contribution is 2.22. The first-order chi connectivity index (χ1) is 11.5. The molecule has 1 N–H and O–H groups in total. The van der Waals surface area contributed by atoms with Crippen LogP contribution in [-0.4, -0.2) is 32.8 Å². The SMILES string of the molecule is COc1ccc(OCC(C)NC(=O)c2cc(Cl)ccc2OC)cc1. The van der Waals surface area contributed by atoms with Crippen molar-refractivity contribution in [2.45, 2.75) is 13.0 Å². The second-order valence-corrected chi connectivity index (χ2v) is 5.64. The maximum Gasteiger partial charge on any atom is 0.255 e. The van der Waals surface area contributed by atoms with E-state index in [0.717, 1.165) is 5.75 Å². The van der Waals surface area contributed by atoms with Crippen molar-refractivity contribution < 1.29 is 19.0 Å². The summed E-state index contributed by atoms with van der Waals surface area (Å²) < 4.78 is 15.9. The average Bonchev–Trinajstić information content (AvgIpc) is 2.60. The number of benzene rings is 2. The van der Waals surface area contributed by atoms with Gasteiger partial charge in [-0.05, 0) is 49.4 Å². The van der Waals surface area contributed by atoms with Crippen LogP contribution in [0.2, 0.25) is 5.02 Å². The van der Waals surface area contributed by atoms with E-state index in [1.54, 1.807) is 25.3 Å². The Labute approximate surface area is 146 Å². The third-order valence-corrected chi connectivity index (χ3v) is 3.58. The maximum atomic E-state index is 12.4. The van der Waals surface area contributed by atoms with Gasteiger partial charge in [-0.1, -0.05) is 11.6 Å². The first-order valence-corrected chi connectivity index (χ1v) is 7.82. The Morgan fingerprint density at radius 1 is 1.08 bits per heavy atom. The lowest BCUT2D eigenvalue weighted by Gasteiger charge is -2.16. The Balaban J connectivity index is 1.92. The molecule has 0 aromatic heterocycles. The van der Waals surface area contributed by atoms with Crippen molar-refractivity contribution in [3.8, 4) is 17.2 Å². The Morgan fingerprint density at radius 3 is 2.38 bits per heavy atom. The van der Waals surface area contributed by atoms with Crippen LogP contribution in [0, 0.1) is 0 Å². The first kappa shape index (κ1) is 17.9. The van der Waals surface area contributed by atoms with E-state index in [-0.39, 0.29) is 11.9 Å². The molecule has 5 nitrogen and oxygen atoms in total. The summed E-state index contributed by atoms with van der Waals surface area (Å²) in [4.78, 5) is 12.4. The Bertz CT molecular complexity index is 688. The van der Waals surface area contributed by atoms with E-state index < -0.39 is 0 Å². The number of hydrogen-bond acceptors (Lipinski definition) is 4. The normalized spacial score (nSPS) is 11.5. The number of amides is 1. The molecule has 0 fully saturated rings. The highest BCUT2D eigenvalue weighted by atomic mass is 35.5. The van der Waals surface area contributed by atoms with Crippen LogP contribution in [0.3, 0.4) is 0 Å². The smallest absolute Gasteiger partial charge is 0.255 e. The van der Waals surface area contributed by atoms with Crippen LogP contribution in [0.25, 0.3) is 0 Å². The van der Waals surface area contributed by atoms with Crippen LogP contribution in [0.5, 0.6) is 17.2 Å². The van der Waals surface area contributed by atoms with Gasteiger partial charge in [0.1, 0.15) is 23.9 Å². The summed E-state index contributed by atoms with van der Waals surface area (Å²) in [6, 6.07) is 12.0. The number of hydrogen-bond donors (Lipinski definition) is 1. The molecule has 0 aliphatic rings. The van der Waals surface area contributed by atoms with Crippen molar-refractivity contribution in [3.05, 3.63) is 53.1 Å². The zero-order chi connectivity index (χ0) is 17.5. The summed E-state index contributed by atoms with van der Waals surface area (Å²) in [5, 5.41) is 3.34. The minimum Gasteiger partial charge on any atom is -0.497 e. The lowest BCUT2D eigenvalue weighted by atomic mass is 10.1. The quantitative estimate of drug-likeness (QED) is 0.830. The number of ether oxygens (including phenoxy) is 3. The van der Waals surface area contributed by atoms with Crippen molar-refractivity contribution in [2.75, 3.05) is 20.8 Å². The zero-order valence-electron chi connectivity index (χ0n) is 13.8. The van der Waals surface area contributed by atoms with Gasteiger partial charge in [0.15, 0.2) is 0 Å². The van der Waals surface area contributed by atoms with Crippen molar-refractivity contribution >= 4 is 17.5 Å². The minimum atomic E-state index is -0.264. The molecule has 0 aliphatic carbocycles. The second-order valence-electron chi connectivity index (χ2n) is 5.21. The third kappa shape index (κ3) is 4.80. The molecule has 0 radical (unpaired) electrons. The Kier molecular flexibility index (Phi) is 6.32. The van der Waals surface area contributed by atoms with Crippen molar-refractivity contribution in [1.82, 2.24) is 5.32 Å². The highest BCUT2D eigenvalue weighted by molar-refractivity contribution is 6.31. The van der Waals surface area contributed by atoms with E-state index in [1.807, 2.05) is 31.2 Å². The summed E-state index contributed by atoms with van der Waals surface area (Å²) in [6.07, 6.45) is 0. The van der Waals surface area contributed by atoms with Gasteiger partial charge in [0.05, 0.1) is 25.8 Å². The van der Waals surface area contributed by atoms with E-state index in [9.17, 15) is 4.79 Å². The number of carbonyl (C=O) groups excluding carboxylic acids is 1. The molecule has 1 atom stereocenters. The van der Waals surface area contributed by atoms with Crippen LogP contribution < -0.4 is 19.5 Å². The van der Waals surface area contributed by atoms with Gasteiger partial charge in [-0.2, -0.15) is 0 Å². The lowest BCUT2D eigenvalue weighted by molar-refractivity contribution is 0.0923. The first-order valence-electron chi connectivity index (χ1n) is 7.44. The number of carbonyl (C=O) groups is 1. The standard InChI is InChI=1S/C18H20ClNO4/c1-12(11-24-15-7-5-14(22-2)6-8-15)20-18(21)16-10-13(19)4-9-17(16)23-3/h4-10,12H,11H2,1-3H3,(H,20,21). The number of nitrogens with one attached hydrogen (secondary N) is 1. The molecule has 1 unspecified atom stereocenters. The summed E-state index contributed by atoms with van der Waals surface area (Å²) in [5.41, 5.74) is 0.390. The topological polar surface area (TPSA) is 56.8 Å². The largest absolute Gasteiger partial charge is 0.497 e. The second kappa shape index (κ2) is 8.45. The number of rotatable bonds is 7. The van der Waals surface area contributed by atoms with Gasteiger partial charge in [-0.3, -0.25) is 4.79 Å². The van der Waals surface area contributed by atoms with Crippen LogP contribution in [-0.2, 0) is 0 Å².